The van der Waals surface area contributed by atoms with E-state index in [-0.39, 0.29) is 12.0 Å². The highest BCUT2D eigenvalue weighted by Gasteiger charge is 2.15. The number of carbonyl (C=O) groups excluding carboxylic acids is 1. The number of nitrogens with zero attached hydrogens (tertiary/aromatic N) is 2. The van der Waals surface area contributed by atoms with Crippen LogP contribution in [0.15, 0.2) is 36.5 Å². The Hall–Kier alpha value is -2.30. The molecule has 0 saturated heterocycles. The second kappa shape index (κ2) is 5.56. The van der Waals surface area contributed by atoms with Gasteiger partial charge < -0.3 is 9.47 Å². The standard InChI is InChI=1S/C14H16N2O3/c1-10(2)18-14-13(9-16(15-14)11(3)17)19-12-7-5-4-6-8-12/h4-10H,1-3H3. The third kappa shape index (κ3) is 3.34. The first-order valence-corrected chi connectivity index (χ1v) is 6.06. The van der Waals surface area contributed by atoms with Crippen molar-refractivity contribution in [2.45, 2.75) is 26.9 Å². The van der Waals surface area contributed by atoms with Crippen LogP contribution in [-0.4, -0.2) is 21.8 Å². The molecule has 2 aromatic rings. The van der Waals surface area contributed by atoms with Gasteiger partial charge in [-0.05, 0) is 26.0 Å². The zero-order valence-electron chi connectivity index (χ0n) is 11.2. The van der Waals surface area contributed by atoms with Crippen molar-refractivity contribution in [3.63, 3.8) is 0 Å². The van der Waals surface area contributed by atoms with Crippen molar-refractivity contribution in [2.24, 2.45) is 0 Å². The first-order chi connectivity index (χ1) is 9.06. The average Bonchev–Trinajstić information content (AvgIpc) is 2.73. The van der Waals surface area contributed by atoms with Gasteiger partial charge in [0.25, 0.3) is 5.88 Å². The number of hydrogen-bond acceptors (Lipinski definition) is 4. The Morgan fingerprint density at radius 2 is 1.95 bits per heavy atom. The number of para-hydroxylation sites is 1. The van der Waals surface area contributed by atoms with E-state index in [0.717, 1.165) is 0 Å². The van der Waals surface area contributed by atoms with Crippen LogP contribution in [0, 0.1) is 0 Å². The molecule has 1 aromatic heterocycles. The summed E-state index contributed by atoms with van der Waals surface area (Å²) in [5.41, 5.74) is 0. The molecule has 0 aliphatic carbocycles. The van der Waals surface area contributed by atoms with Crippen LogP contribution in [-0.2, 0) is 0 Å². The lowest BCUT2D eigenvalue weighted by Crippen LogP contribution is -2.09. The molecule has 0 fully saturated rings. The maximum atomic E-state index is 11.3. The lowest BCUT2D eigenvalue weighted by molar-refractivity contribution is 0.0917. The van der Waals surface area contributed by atoms with Crippen LogP contribution >= 0.6 is 0 Å². The minimum absolute atomic E-state index is 0.0477. The topological polar surface area (TPSA) is 53.4 Å². The Labute approximate surface area is 111 Å². The van der Waals surface area contributed by atoms with Crippen molar-refractivity contribution < 1.29 is 14.3 Å². The lowest BCUT2D eigenvalue weighted by Gasteiger charge is -2.09. The summed E-state index contributed by atoms with van der Waals surface area (Å²) in [4.78, 5) is 11.3. The van der Waals surface area contributed by atoms with Crippen LogP contribution < -0.4 is 9.47 Å². The van der Waals surface area contributed by atoms with Gasteiger partial charge in [-0.3, -0.25) is 4.79 Å². The summed E-state index contributed by atoms with van der Waals surface area (Å²) in [5.74, 6) is 1.21. The summed E-state index contributed by atoms with van der Waals surface area (Å²) >= 11 is 0. The van der Waals surface area contributed by atoms with Crippen LogP contribution in [0.25, 0.3) is 0 Å². The molecule has 0 atom stereocenters. The van der Waals surface area contributed by atoms with E-state index in [1.807, 2.05) is 44.2 Å². The van der Waals surface area contributed by atoms with Crippen LogP contribution in [0.1, 0.15) is 25.6 Å². The van der Waals surface area contributed by atoms with E-state index in [1.54, 1.807) is 0 Å². The van der Waals surface area contributed by atoms with Gasteiger partial charge in [-0.2, -0.15) is 0 Å². The van der Waals surface area contributed by atoms with Gasteiger partial charge >= 0.3 is 0 Å². The summed E-state index contributed by atoms with van der Waals surface area (Å²) in [5, 5.41) is 4.07. The number of rotatable bonds is 4. The highest BCUT2D eigenvalue weighted by atomic mass is 16.5. The summed E-state index contributed by atoms with van der Waals surface area (Å²) < 4.78 is 12.4. The zero-order valence-corrected chi connectivity index (χ0v) is 11.2. The molecular formula is C14H16N2O3. The SMILES string of the molecule is CC(=O)n1cc(Oc2ccccc2)c(OC(C)C)n1. The first kappa shape index (κ1) is 13.1. The molecule has 2 rings (SSSR count). The smallest absolute Gasteiger partial charge is 0.277 e. The fourth-order valence-electron chi connectivity index (χ4n) is 1.49. The second-order valence-corrected chi connectivity index (χ2v) is 4.34. The maximum absolute atomic E-state index is 11.3. The van der Waals surface area contributed by atoms with Crippen molar-refractivity contribution in [1.29, 1.82) is 0 Å². The molecule has 0 N–H and O–H groups in total. The fraction of sp³-hybridized carbons (Fsp3) is 0.286. The molecule has 0 saturated carbocycles. The molecule has 100 valence electrons. The molecule has 0 radical (unpaired) electrons. The number of carbonyl (C=O) groups is 1. The van der Waals surface area contributed by atoms with Gasteiger partial charge in [0.1, 0.15) is 5.75 Å². The number of hydrogen-bond donors (Lipinski definition) is 0. The molecule has 5 heteroatoms. The molecule has 0 aliphatic heterocycles. The van der Waals surface area contributed by atoms with Crippen molar-refractivity contribution >= 4 is 5.91 Å². The Bertz CT molecular complexity index is 561. The molecule has 19 heavy (non-hydrogen) atoms. The number of benzene rings is 1. The first-order valence-electron chi connectivity index (χ1n) is 6.06. The summed E-state index contributed by atoms with van der Waals surface area (Å²) in [6.45, 7) is 5.20. The van der Waals surface area contributed by atoms with Gasteiger partial charge in [0.15, 0.2) is 0 Å². The van der Waals surface area contributed by atoms with Gasteiger partial charge in [-0.1, -0.05) is 18.2 Å². The minimum Gasteiger partial charge on any atom is -0.471 e. The van der Waals surface area contributed by atoms with Crippen molar-refractivity contribution in [1.82, 2.24) is 9.78 Å². The molecule has 5 nitrogen and oxygen atoms in total. The van der Waals surface area contributed by atoms with E-state index >= 15 is 0 Å². The van der Waals surface area contributed by atoms with E-state index in [2.05, 4.69) is 5.10 Å². The predicted molar refractivity (Wildman–Crippen MR) is 70.8 cm³/mol. The van der Waals surface area contributed by atoms with Gasteiger partial charge in [0.2, 0.25) is 11.7 Å². The summed E-state index contributed by atoms with van der Waals surface area (Å²) in [6, 6.07) is 9.29. The highest BCUT2D eigenvalue weighted by molar-refractivity contribution is 5.75. The number of ether oxygens (including phenoxy) is 2. The average molecular weight is 260 g/mol. The third-order valence-corrected chi connectivity index (χ3v) is 2.29. The van der Waals surface area contributed by atoms with Gasteiger partial charge in [-0.25, -0.2) is 4.68 Å². The molecule has 0 bridgehead atoms. The maximum Gasteiger partial charge on any atom is 0.277 e. The normalized spacial score (nSPS) is 10.5. The van der Waals surface area contributed by atoms with Crippen LogP contribution in [0.4, 0.5) is 0 Å². The Morgan fingerprint density at radius 3 is 2.53 bits per heavy atom. The van der Waals surface area contributed by atoms with Gasteiger partial charge in [-0.15, -0.1) is 5.10 Å². The second-order valence-electron chi connectivity index (χ2n) is 4.34. The predicted octanol–water partition coefficient (Wildman–Crippen LogP) is 3.12. The largest absolute Gasteiger partial charge is 0.471 e. The molecule has 0 spiro atoms. The van der Waals surface area contributed by atoms with E-state index < -0.39 is 0 Å². The lowest BCUT2D eigenvalue weighted by atomic mass is 10.3. The zero-order chi connectivity index (χ0) is 13.8. The molecule has 0 unspecified atom stereocenters. The molecule has 1 heterocycles. The summed E-state index contributed by atoms with van der Waals surface area (Å²) in [7, 11) is 0. The number of aromatic nitrogens is 2. The minimum atomic E-state index is -0.198. The monoisotopic (exact) mass is 260 g/mol. The Balaban J connectivity index is 2.29. The van der Waals surface area contributed by atoms with E-state index in [1.165, 1.54) is 17.8 Å². The van der Waals surface area contributed by atoms with E-state index in [0.29, 0.717) is 17.4 Å². The molecule has 0 aliphatic rings. The fourth-order valence-corrected chi connectivity index (χ4v) is 1.49. The molecule has 0 amide bonds. The Kier molecular flexibility index (Phi) is 3.85. The van der Waals surface area contributed by atoms with Gasteiger partial charge in [0.05, 0.1) is 12.3 Å². The molecular weight excluding hydrogens is 244 g/mol. The van der Waals surface area contributed by atoms with Crippen LogP contribution in [0.2, 0.25) is 0 Å². The van der Waals surface area contributed by atoms with E-state index in [4.69, 9.17) is 9.47 Å². The van der Waals surface area contributed by atoms with Crippen molar-refractivity contribution in [3.05, 3.63) is 36.5 Å². The highest BCUT2D eigenvalue weighted by Crippen LogP contribution is 2.30. The van der Waals surface area contributed by atoms with Crippen LogP contribution in [0.5, 0.6) is 17.4 Å². The van der Waals surface area contributed by atoms with Crippen molar-refractivity contribution in [2.75, 3.05) is 0 Å². The third-order valence-electron chi connectivity index (χ3n) is 2.29. The van der Waals surface area contributed by atoms with Gasteiger partial charge in [0, 0.05) is 6.92 Å². The van der Waals surface area contributed by atoms with Crippen LogP contribution in [0.3, 0.4) is 0 Å². The Morgan fingerprint density at radius 1 is 1.26 bits per heavy atom. The van der Waals surface area contributed by atoms with Crippen molar-refractivity contribution in [3.8, 4) is 17.4 Å². The molecule has 1 aromatic carbocycles. The quantitative estimate of drug-likeness (QED) is 0.847. The van der Waals surface area contributed by atoms with E-state index in [9.17, 15) is 4.79 Å². The summed E-state index contributed by atoms with van der Waals surface area (Å²) in [6.07, 6.45) is 1.47.